The molecule has 226 valence electrons. The predicted octanol–water partition coefficient (Wildman–Crippen LogP) is 6.08. The summed E-state index contributed by atoms with van der Waals surface area (Å²) in [6, 6.07) is 19.1. The van der Waals surface area contributed by atoms with Gasteiger partial charge >= 0.3 is 12.1 Å². The maximum Gasteiger partial charge on any atom is 0.423 e. The third-order valence-electron chi connectivity index (χ3n) is 7.22. The molecule has 0 saturated carbocycles. The highest BCUT2D eigenvalue weighted by atomic mass is 35.5. The van der Waals surface area contributed by atoms with Gasteiger partial charge in [0.15, 0.2) is 0 Å². The summed E-state index contributed by atoms with van der Waals surface area (Å²) in [6.07, 6.45) is -1.03. The monoisotopic (exact) mass is 625 g/mol. The van der Waals surface area contributed by atoms with Crippen molar-refractivity contribution in [3.8, 4) is 11.5 Å². The van der Waals surface area contributed by atoms with Gasteiger partial charge in [0.25, 0.3) is 0 Å². The van der Waals surface area contributed by atoms with Crippen molar-refractivity contribution in [1.29, 1.82) is 0 Å². The van der Waals surface area contributed by atoms with Crippen molar-refractivity contribution in [2.45, 2.75) is 32.0 Å². The van der Waals surface area contributed by atoms with Gasteiger partial charge in [0.1, 0.15) is 23.4 Å². The van der Waals surface area contributed by atoms with Crippen molar-refractivity contribution in [3.05, 3.63) is 93.5 Å². The molecule has 2 heterocycles. The Bertz CT molecular complexity index is 1490. The van der Waals surface area contributed by atoms with Gasteiger partial charge in [0.05, 0.1) is 37.9 Å². The number of hydrogen-bond acceptors (Lipinski definition) is 7. The third-order valence-corrected chi connectivity index (χ3v) is 7.72. The predicted molar refractivity (Wildman–Crippen MR) is 165 cm³/mol. The van der Waals surface area contributed by atoms with Crippen molar-refractivity contribution >= 4 is 41.2 Å². The number of aliphatic imine (C=N–C) groups is 1. The van der Waals surface area contributed by atoms with E-state index in [0.29, 0.717) is 59.1 Å². The number of nitrogens with zero attached hydrogens (tertiary/aromatic N) is 4. The van der Waals surface area contributed by atoms with E-state index in [9.17, 15) is 9.59 Å². The number of urea groups is 1. The molecule has 5 rings (SSSR count). The highest BCUT2D eigenvalue weighted by Crippen LogP contribution is 2.46. The fraction of sp³-hybridized carbons (Fsp3) is 0.323. The van der Waals surface area contributed by atoms with Gasteiger partial charge in [-0.25, -0.2) is 9.59 Å². The van der Waals surface area contributed by atoms with Crippen molar-refractivity contribution < 1.29 is 23.9 Å². The Labute approximate surface area is 260 Å². The smallest absolute Gasteiger partial charge is 0.423 e. The molecule has 1 saturated heterocycles. The topological polar surface area (TPSA) is 110 Å². The minimum atomic E-state index is -0.889. The molecule has 0 spiro atoms. The molecule has 0 aliphatic carbocycles. The van der Waals surface area contributed by atoms with E-state index in [2.05, 4.69) is 0 Å². The Kier molecular flexibility index (Phi) is 9.29. The fourth-order valence-electron chi connectivity index (χ4n) is 5.27. The summed E-state index contributed by atoms with van der Waals surface area (Å²) < 4.78 is 11.7. The normalized spacial score (nSPS) is 18.9. The Balaban J connectivity index is 1.63. The van der Waals surface area contributed by atoms with Crippen LogP contribution in [0, 0.1) is 0 Å². The number of piperazine rings is 1. The Morgan fingerprint density at radius 3 is 2.07 bits per heavy atom. The van der Waals surface area contributed by atoms with Crippen LogP contribution in [0.3, 0.4) is 0 Å². The van der Waals surface area contributed by atoms with E-state index in [1.807, 2.05) is 62.4 Å². The molecule has 2 aliphatic rings. The van der Waals surface area contributed by atoms with Gasteiger partial charge in [-0.2, -0.15) is 0 Å². The standard InChI is InChI=1S/C31H33Cl2N5O5/c1-19(2)42-26-18-24(41-3)12-13-25(26)29-35-27(20-4-8-22(32)9-5-20)28(21-6-10-23(33)11-7-21)38(29)31(40)36-14-16-37(17-15-36)43-30(34)39/h4-13,18-19,27-28H,14-17H2,1-3H3,(H2,34,39). The van der Waals surface area contributed by atoms with E-state index in [1.165, 1.54) is 5.06 Å². The number of halogens is 2. The Morgan fingerprint density at radius 1 is 0.907 bits per heavy atom. The maximum absolute atomic E-state index is 14.6. The van der Waals surface area contributed by atoms with Crippen LogP contribution in [0.5, 0.6) is 11.5 Å². The number of hydroxylamine groups is 2. The van der Waals surface area contributed by atoms with Crippen molar-refractivity contribution in [3.63, 3.8) is 0 Å². The first-order chi connectivity index (χ1) is 20.6. The molecule has 2 N–H and O–H groups in total. The highest BCUT2D eigenvalue weighted by molar-refractivity contribution is 6.30. The second kappa shape index (κ2) is 13.1. The van der Waals surface area contributed by atoms with Gasteiger partial charge in [-0.3, -0.25) is 9.89 Å². The van der Waals surface area contributed by atoms with Crippen LogP contribution in [0.1, 0.15) is 42.6 Å². The van der Waals surface area contributed by atoms with Crippen LogP contribution >= 0.6 is 23.2 Å². The number of rotatable bonds is 7. The molecule has 0 radical (unpaired) electrons. The lowest BCUT2D eigenvalue weighted by Gasteiger charge is -2.38. The lowest BCUT2D eigenvalue weighted by molar-refractivity contribution is -0.115. The number of amides is 3. The zero-order chi connectivity index (χ0) is 30.7. The van der Waals surface area contributed by atoms with Crippen LogP contribution in [0.4, 0.5) is 9.59 Å². The molecule has 2 atom stereocenters. The first-order valence-corrected chi connectivity index (χ1v) is 14.6. The Hall–Kier alpha value is -3.99. The SMILES string of the molecule is COc1ccc(C2=NC(c3ccc(Cl)cc3)C(c3ccc(Cl)cc3)N2C(=O)N2CCN(OC(N)=O)CC2)c(OC(C)C)c1. The second-order valence-electron chi connectivity index (χ2n) is 10.5. The first-order valence-electron chi connectivity index (χ1n) is 13.9. The number of amidine groups is 1. The number of hydrogen-bond donors (Lipinski definition) is 1. The van der Waals surface area contributed by atoms with Gasteiger partial charge in [-0.15, -0.1) is 5.06 Å². The van der Waals surface area contributed by atoms with E-state index in [4.69, 9.17) is 48.2 Å². The number of nitrogens with two attached hydrogens (primary N) is 1. The van der Waals surface area contributed by atoms with Crippen molar-refractivity contribution in [1.82, 2.24) is 14.9 Å². The van der Waals surface area contributed by atoms with Gasteiger partial charge < -0.3 is 24.9 Å². The van der Waals surface area contributed by atoms with Crippen LogP contribution in [-0.4, -0.2) is 72.2 Å². The molecule has 3 aromatic rings. The van der Waals surface area contributed by atoms with E-state index >= 15 is 0 Å². The molecule has 0 bridgehead atoms. The summed E-state index contributed by atoms with van der Waals surface area (Å²) in [7, 11) is 1.59. The van der Waals surface area contributed by atoms with Crippen LogP contribution in [0.2, 0.25) is 10.0 Å². The molecule has 2 aliphatic heterocycles. The molecule has 43 heavy (non-hydrogen) atoms. The van der Waals surface area contributed by atoms with Crippen molar-refractivity contribution in [2.75, 3.05) is 33.3 Å². The molecule has 0 aromatic heterocycles. The number of primary amides is 1. The third kappa shape index (κ3) is 6.82. The van der Waals surface area contributed by atoms with Crippen LogP contribution < -0.4 is 15.2 Å². The molecule has 1 fully saturated rings. The highest BCUT2D eigenvalue weighted by Gasteiger charge is 2.45. The van der Waals surface area contributed by atoms with E-state index < -0.39 is 18.2 Å². The van der Waals surface area contributed by atoms with Gasteiger partial charge in [-0.1, -0.05) is 47.5 Å². The summed E-state index contributed by atoms with van der Waals surface area (Å²) in [5.41, 5.74) is 7.58. The lowest BCUT2D eigenvalue weighted by Crippen LogP contribution is -2.54. The van der Waals surface area contributed by atoms with Crippen LogP contribution in [-0.2, 0) is 4.84 Å². The van der Waals surface area contributed by atoms with E-state index in [0.717, 1.165) is 11.1 Å². The van der Waals surface area contributed by atoms with Crippen LogP contribution in [0.15, 0.2) is 71.7 Å². The molecule has 2 unspecified atom stereocenters. The zero-order valence-electron chi connectivity index (χ0n) is 24.1. The summed E-state index contributed by atoms with van der Waals surface area (Å²) >= 11 is 12.5. The molecular weight excluding hydrogens is 593 g/mol. The Morgan fingerprint density at radius 2 is 1.51 bits per heavy atom. The summed E-state index contributed by atoms with van der Waals surface area (Å²) in [4.78, 5) is 39.5. The molecule has 3 amide bonds. The van der Waals surface area contributed by atoms with Crippen molar-refractivity contribution in [2.24, 2.45) is 10.7 Å². The molecule has 10 nitrogen and oxygen atoms in total. The molecular formula is C31H33Cl2N5O5. The summed E-state index contributed by atoms with van der Waals surface area (Å²) in [5, 5.41) is 2.63. The average Bonchev–Trinajstić information content (AvgIpc) is 3.37. The zero-order valence-corrected chi connectivity index (χ0v) is 25.6. The van der Waals surface area contributed by atoms with E-state index in [-0.39, 0.29) is 12.1 Å². The average molecular weight is 627 g/mol. The summed E-state index contributed by atoms with van der Waals surface area (Å²) in [6.45, 7) is 5.11. The number of carbonyl (C=O) groups excluding carboxylic acids is 2. The van der Waals surface area contributed by atoms with Gasteiger partial charge in [-0.05, 0) is 61.4 Å². The molecule has 3 aromatic carbocycles. The number of methoxy groups -OCH3 is 1. The quantitative estimate of drug-likeness (QED) is 0.341. The first kappa shape index (κ1) is 30.5. The fourth-order valence-corrected chi connectivity index (χ4v) is 5.52. The van der Waals surface area contributed by atoms with Crippen LogP contribution in [0.25, 0.3) is 0 Å². The second-order valence-corrected chi connectivity index (χ2v) is 11.3. The number of ether oxygens (including phenoxy) is 2. The number of benzene rings is 3. The van der Waals surface area contributed by atoms with Gasteiger partial charge in [0, 0.05) is 29.2 Å². The minimum absolute atomic E-state index is 0.144. The maximum atomic E-state index is 14.6. The van der Waals surface area contributed by atoms with E-state index in [1.54, 1.807) is 35.1 Å². The summed E-state index contributed by atoms with van der Waals surface area (Å²) in [5.74, 6) is 1.61. The lowest BCUT2D eigenvalue weighted by atomic mass is 9.93. The largest absolute Gasteiger partial charge is 0.497 e. The minimum Gasteiger partial charge on any atom is -0.497 e. The van der Waals surface area contributed by atoms with Gasteiger partial charge in [0.2, 0.25) is 0 Å². The molecule has 12 heteroatoms. The number of carbonyl (C=O) groups is 2.